The van der Waals surface area contributed by atoms with Gasteiger partial charge in [0.1, 0.15) is 29.5 Å². The van der Waals surface area contributed by atoms with Crippen LogP contribution >= 0.6 is 12.4 Å². The number of likely N-dealkylation sites (tertiary alicyclic amines) is 1. The minimum absolute atomic E-state index is 0. The Balaban J connectivity index is 0.00000338. The second-order valence-electron chi connectivity index (χ2n) is 6.03. The number of nitrogens with zero attached hydrogens (tertiary/aromatic N) is 3. The van der Waals surface area contributed by atoms with E-state index >= 15 is 0 Å². The molecule has 0 aliphatic carbocycles. The third-order valence-electron chi connectivity index (χ3n) is 4.17. The Morgan fingerprint density at radius 2 is 1.81 bits per heavy atom. The van der Waals surface area contributed by atoms with Gasteiger partial charge in [-0.25, -0.2) is 0 Å². The highest BCUT2D eigenvalue weighted by molar-refractivity contribution is 5.85. The van der Waals surface area contributed by atoms with Crippen LogP contribution in [-0.4, -0.2) is 38.1 Å². The van der Waals surface area contributed by atoms with Crippen LogP contribution in [0.25, 0.3) is 0 Å². The Bertz CT molecular complexity index is 635. The lowest BCUT2D eigenvalue weighted by Gasteiger charge is -2.25. The van der Waals surface area contributed by atoms with E-state index in [2.05, 4.69) is 26.9 Å². The van der Waals surface area contributed by atoms with E-state index in [1.165, 1.54) is 19.3 Å². The Hall–Kier alpha value is -2.19. The van der Waals surface area contributed by atoms with Crippen LogP contribution in [0.15, 0.2) is 27.9 Å². The molecule has 1 aromatic rings. The fourth-order valence-corrected chi connectivity index (χ4v) is 2.87. The number of nitrogens with one attached hydrogen (secondary N) is 3. The van der Waals surface area contributed by atoms with Crippen LogP contribution in [0.5, 0.6) is 0 Å². The van der Waals surface area contributed by atoms with E-state index in [0.29, 0.717) is 25.5 Å². The third kappa shape index (κ3) is 6.97. The summed E-state index contributed by atoms with van der Waals surface area (Å²) in [7, 11) is 1.68. The number of nitriles is 2. The summed E-state index contributed by atoms with van der Waals surface area (Å²) in [6.07, 6.45) is 3.90. The van der Waals surface area contributed by atoms with Crippen molar-refractivity contribution >= 4 is 12.4 Å². The number of hydrogen-bond donors (Lipinski definition) is 3. The van der Waals surface area contributed by atoms with Crippen molar-refractivity contribution in [3.8, 4) is 12.1 Å². The van der Waals surface area contributed by atoms with Gasteiger partial charge >= 0.3 is 0 Å². The first-order valence-electron chi connectivity index (χ1n) is 8.73. The first kappa shape index (κ1) is 21.9. The molecule has 0 unspecified atom stereocenters. The van der Waals surface area contributed by atoms with Gasteiger partial charge in [-0.2, -0.15) is 10.5 Å². The SMILES string of the molecule is CNC(NCCNCc1ccc(CN2CCCCC2)o1)=C(C#N)C#N.Cl. The molecule has 8 heteroatoms. The van der Waals surface area contributed by atoms with Crippen LogP contribution < -0.4 is 16.0 Å². The first-order valence-corrected chi connectivity index (χ1v) is 8.73. The Morgan fingerprint density at radius 1 is 1.12 bits per heavy atom. The van der Waals surface area contributed by atoms with Gasteiger partial charge < -0.3 is 20.4 Å². The Kier molecular flexibility index (Phi) is 10.3. The maximum absolute atomic E-state index is 8.86. The molecular formula is C18H27ClN6O. The highest BCUT2D eigenvalue weighted by Crippen LogP contribution is 2.15. The predicted octanol–water partition coefficient (Wildman–Crippen LogP) is 1.84. The average molecular weight is 379 g/mol. The summed E-state index contributed by atoms with van der Waals surface area (Å²) < 4.78 is 5.88. The summed E-state index contributed by atoms with van der Waals surface area (Å²) in [5.41, 5.74) is 0.0517. The zero-order valence-electron chi connectivity index (χ0n) is 15.2. The number of hydrogen-bond acceptors (Lipinski definition) is 7. The van der Waals surface area contributed by atoms with Gasteiger partial charge in [-0.15, -0.1) is 12.4 Å². The molecule has 1 aliphatic heterocycles. The van der Waals surface area contributed by atoms with Crippen molar-refractivity contribution in [3.63, 3.8) is 0 Å². The van der Waals surface area contributed by atoms with Crippen molar-refractivity contribution in [1.82, 2.24) is 20.9 Å². The lowest BCUT2D eigenvalue weighted by Crippen LogP contribution is -2.31. The van der Waals surface area contributed by atoms with E-state index in [4.69, 9.17) is 14.9 Å². The summed E-state index contributed by atoms with van der Waals surface area (Å²) in [4.78, 5) is 2.44. The maximum atomic E-state index is 8.86. The lowest BCUT2D eigenvalue weighted by molar-refractivity contribution is 0.203. The average Bonchev–Trinajstić information content (AvgIpc) is 3.08. The first-order chi connectivity index (χ1) is 12.3. The summed E-state index contributed by atoms with van der Waals surface area (Å²) in [5.74, 6) is 2.39. The third-order valence-corrected chi connectivity index (χ3v) is 4.17. The molecule has 0 spiro atoms. The molecule has 142 valence electrons. The molecule has 1 saturated heterocycles. The standard InChI is InChI=1S/C18H26N6O.ClH/c1-21-18(15(11-19)12-20)23-8-7-22-13-16-5-6-17(25-16)14-24-9-3-2-4-10-24;/h5-6,21-23H,2-4,7-10,13-14H2,1H3;1H. The summed E-state index contributed by atoms with van der Waals surface area (Å²) in [6.45, 7) is 5.16. The van der Waals surface area contributed by atoms with Crippen molar-refractivity contribution in [2.75, 3.05) is 33.2 Å². The topological polar surface area (TPSA) is 100 Å². The van der Waals surface area contributed by atoms with Gasteiger partial charge in [0.2, 0.25) is 0 Å². The summed E-state index contributed by atoms with van der Waals surface area (Å²) in [6, 6.07) is 7.79. The molecule has 3 N–H and O–H groups in total. The molecule has 1 aromatic heterocycles. The highest BCUT2D eigenvalue weighted by atomic mass is 35.5. The molecule has 0 aromatic carbocycles. The lowest BCUT2D eigenvalue weighted by atomic mass is 10.1. The van der Waals surface area contributed by atoms with Crippen LogP contribution in [0, 0.1) is 22.7 Å². The van der Waals surface area contributed by atoms with Crippen molar-refractivity contribution < 1.29 is 4.42 Å². The molecule has 7 nitrogen and oxygen atoms in total. The zero-order valence-corrected chi connectivity index (χ0v) is 16.0. The van der Waals surface area contributed by atoms with Crippen LogP contribution in [0.4, 0.5) is 0 Å². The second kappa shape index (κ2) is 12.2. The van der Waals surface area contributed by atoms with Crippen molar-refractivity contribution in [2.45, 2.75) is 32.4 Å². The molecular weight excluding hydrogens is 352 g/mol. The van der Waals surface area contributed by atoms with Crippen LogP contribution in [0.2, 0.25) is 0 Å². The van der Waals surface area contributed by atoms with Gasteiger partial charge in [0.05, 0.1) is 13.1 Å². The Morgan fingerprint density at radius 3 is 2.46 bits per heavy atom. The van der Waals surface area contributed by atoms with Crippen LogP contribution in [0.3, 0.4) is 0 Å². The van der Waals surface area contributed by atoms with E-state index in [9.17, 15) is 0 Å². The summed E-state index contributed by atoms with van der Waals surface area (Å²) in [5, 5.41) is 26.9. The quantitative estimate of drug-likeness (QED) is 0.445. The monoisotopic (exact) mass is 378 g/mol. The smallest absolute Gasteiger partial charge is 0.169 e. The van der Waals surface area contributed by atoms with Crippen molar-refractivity contribution in [2.24, 2.45) is 0 Å². The largest absolute Gasteiger partial charge is 0.463 e. The van der Waals surface area contributed by atoms with Gasteiger partial charge in [-0.3, -0.25) is 4.90 Å². The van der Waals surface area contributed by atoms with E-state index in [1.54, 1.807) is 7.05 Å². The molecule has 0 amide bonds. The van der Waals surface area contributed by atoms with Gasteiger partial charge in [0.25, 0.3) is 0 Å². The van der Waals surface area contributed by atoms with Gasteiger partial charge in [-0.1, -0.05) is 6.42 Å². The molecule has 1 fully saturated rings. The van der Waals surface area contributed by atoms with E-state index in [0.717, 1.165) is 31.2 Å². The Labute approximate surface area is 161 Å². The minimum Gasteiger partial charge on any atom is -0.463 e. The minimum atomic E-state index is 0. The van der Waals surface area contributed by atoms with Gasteiger partial charge in [0.15, 0.2) is 5.57 Å². The number of allylic oxidation sites excluding steroid dienone is 1. The van der Waals surface area contributed by atoms with E-state index in [1.807, 2.05) is 18.2 Å². The van der Waals surface area contributed by atoms with Crippen molar-refractivity contribution in [1.29, 1.82) is 10.5 Å². The number of halogens is 1. The number of furan rings is 1. The van der Waals surface area contributed by atoms with Crippen LogP contribution in [0.1, 0.15) is 30.8 Å². The summed E-state index contributed by atoms with van der Waals surface area (Å²) >= 11 is 0. The molecule has 1 aliphatic rings. The predicted molar refractivity (Wildman–Crippen MR) is 102 cm³/mol. The highest BCUT2D eigenvalue weighted by Gasteiger charge is 2.12. The molecule has 2 rings (SSSR count). The van der Waals surface area contributed by atoms with Gasteiger partial charge in [0, 0.05) is 20.1 Å². The van der Waals surface area contributed by atoms with Crippen LogP contribution in [-0.2, 0) is 13.1 Å². The van der Waals surface area contributed by atoms with E-state index in [-0.39, 0.29) is 18.0 Å². The molecule has 0 atom stereocenters. The number of rotatable bonds is 9. The fourth-order valence-electron chi connectivity index (χ4n) is 2.87. The normalized spacial score (nSPS) is 13.8. The zero-order chi connectivity index (χ0) is 17.9. The van der Waals surface area contributed by atoms with Crippen molar-refractivity contribution in [3.05, 3.63) is 35.0 Å². The number of piperidine rings is 1. The molecule has 2 heterocycles. The molecule has 0 saturated carbocycles. The maximum Gasteiger partial charge on any atom is 0.169 e. The molecule has 26 heavy (non-hydrogen) atoms. The molecule has 0 radical (unpaired) electrons. The molecule has 0 bridgehead atoms. The second-order valence-corrected chi connectivity index (χ2v) is 6.03. The van der Waals surface area contributed by atoms with Gasteiger partial charge in [-0.05, 0) is 38.1 Å². The van der Waals surface area contributed by atoms with E-state index < -0.39 is 0 Å². The fraction of sp³-hybridized carbons (Fsp3) is 0.556.